The van der Waals surface area contributed by atoms with Crippen LogP contribution in [0.15, 0.2) is 0 Å². The Hall–Kier alpha value is -0.610. The number of nitrogens with zero attached hydrogens (tertiary/aromatic N) is 1. The second kappa shape index (κ2) is 4.58. The molecule has 0 bridgehead atoms. The summed E-state index contributed by atoms with van der Waals surface area (Å²) in [6.07, 6.45) is 1.65. The van der Waals surface area contributed by atoms with Gasteiger partial charge in [-0.25, -0.2) is 0 Å². The van der Waals surface area contributed by atoms with Crippen LogP contribution in [0.1, 0.15) is 12.8 Å². The lowest BCUT2D eigenvalue weighted by atomic mass is 9.94. The Labute approximate surface area is 78.9 Å². The lowest BCUT2D eigenvalue weighted by Crippen LogP contribution is -2.39. The van der Waals surface area contributed by atoms with Crippen molar-refractivity contribution in [2.24, 2.45) is 5.92 Å². The molecule has 1 fully saturated rings. The van der Waals surface area contributed by atoms with Crippen LogP contribution in [-0.4, -0.2) is 49.2 Å². The van der Waals surface area contributed by atoms with Crippen LogP contribution in [-0.2, 0) is 4.79 Å². The van der Waals surface area contributed by atoms with E-state index in [9.17, 15) is 4.79 Å². The molecule has 0 aromatic heterocycles. The van der Waals surface area contributed by atoms with E-state index >= 15 is 0 Å². The first-order valence-corrected chi connectivity index (χ1v) is 4.73. The summed E-state index contributed by atoms with van der Waals surface area (Å²) in [5.74, 6) is -0.882. The van der Waals surface area contributed by atoms with Gasteiger partial charge >= 0.3 is 5.97 Å². The van der Waals surface area contributed by atoms with Gasteiger partial charge in [-0.2, -0.15) is 0 Å². The number of rotatable bonds is 2. The van der Waals surface area contributed by atoms with Crippen LogP contribution in [0.4, 0.5) is 0 Å². The SMILES string of the molecule is CN(C)C1CCNCCC1C(=O)O. The van der Waals surface area contributed by atoms with Crippen LogP contribution in [0.25, 0.3) is 0 Å². The quantitative estimate of drug-likeness (QED) is 0.637. The molecule has 2 unspecified atom stereocenters. The van der Waals surface area contributed by atoms with Crippen molar-refractivity contribution in [1.82, 2.24) is 10.2 Å². The van der Waals surface area contributed by atoms with Crippen molar-refractivity contribution < 1.29 is 9.90 Å². The molecule has 4 heteroatoms. The van der Waals surface area contributed by atoms with Crippen molar-refractivity contribution in [3.8, 4) is 0 Å². The number of aliphatic carboxylic acids is 1. The zero-order valence-corrected chi connectivity index (χ0v) is 8.29. The van der Waals surface area contributed by atoms with Crippen molar-refractivity contribution >= 4 is 5.97 Å². The lowest BCUT2D eigenvalue weighted by molar-refractivity contribution is -0.144. The minimum absolute atomic E-state index is 0.174. The molecule has 1 aliphatic heterocycles. The van der Waals surface area contributed by atoms with Gasteiger partial charge in [-0.3, -0.25) is 4.79 Å². The molecule has 0 amide bonds. The van der Waals surface area contributed by atoms with Gasteiger partial charge in [-0.05, 0) is 40.0 Å². The molecule has 0 spiro atoms. The minimum Gasteiger partial charge on any atom is -0.481 e. The molecule has 2 atom stereocenters. The Morgan fingerprint density at radius 3 is 2.54 bits per heavy atom. The fourth-order valence-electron chi connectivity index (χ4n) is 1.93. The first kappa shape index (κ1) is 10.5. The molecule has 1 heterocycles. The van der Waals surface area contributed by atoms with Crippen LogP contribution in [0.3, 0.4) is 0 Å². The molecule has 0 aliphatic carbocycles. The van der Waals surface area contributed by atoms with E-state index in [0.717, 1.165) is 25.9 Å². The molecule has 2 N–H and O–H groups in total. The molecule has 0 aromatic carbocycles. The highest BCUT2D eigenvalue weighted by Gasteiger charge is 2.30. The normalized spacial score (nSPS) is 30.1. The van der Waals surface area contributed by atoms with Gasteiger partial charge in [0.2, 0.25) is 0 Å². The Kier molecular flexibility index (Phi) is 3.69. The Balaban J connectivity index is 2.66. The van der Waals surface area contributed by atoms with Gasteiger partial charge in [0.15, 0.2) is 0 Å². The molecular formula is C9H18N2O2. The standard InChI is InChI=1S/C9H18N2O2/c1-11(2)8-4-6-10-5-3-7(8)9(12)13/h7-8,10H,3-6H2,1-2H3,(H,12,13). The second-order valence-corrected chi connectivity index (χ2v) is 3.80. The van der Waals surface area contributed by atoms with Gasteiger partial charge in [0.1, 0.15) is 0 Å². The van der Waals surface area contributed by atoms with Gasteiger partial charge in [0.25, 0.3) is 0 Å². The number of carbonyl (C=O) groups is 1. The number of nitrogens with one attached hydrogen (secondary N) is 1. The lowest BCUT2D eigenvalue weighted by Gasteiger charge is -2.27. The van der Waals surface area contributed by atoms with Crippen molar-refractivity contribution in [3.63, 3.8) is 0 Å². The summed E-state index contributed by atoms with van der Waals surface area (Å²) in [7, 11) is 3.90. The predicted molar refractivity (Wildman–Crippen MR) is 50.7 cm³/mol. The first-order chi connectivity index (χ1) is 6.13. The summed E-state index contributed by atoms with van der Waals surface area (Å²) in [5.41, 5.74) is 0. The number of hydrogen-bond acceptors (Lipinski definition) is 3. The summed E-state index contributed by atoms with van der Waals surface area (Å²) in [6, 6.07) is 0.174. The zero-order valence-electron chi connectivity index (χ0n) is 8.29. The Bertz CT molecular complexity index is 182. The van der Waals surface area contributed by atoms with E-state index < -0.39 is 5.97 Å². The number of carboxylic acids is 1. The van der Waals surface area contributed by atoms with E-state index in [-0.39, 0.29) is 12.0 Å². The van der Waals surface area contributed by atoms with E-state index in [4.69, 9.17) is 5.11 Å². The van der Waals surface area contributed by atoms with Gasteiger partial charge in [-0.1, -0.05) is 0 Å². The summed E-state index contributed by atoms with van der Waals surface area (Å²) in [4.78, 5) is 13.0. The highest BCUT2D eigenvalue weighted by atomic mass is 16.4. The molecule has 1 aliphatic rings. The summed E-state index contributed by atoms with van der Waals surface area (Å²) >= 11 is 0. The summed E-state index contributed by atoms with van der Waals surface area (Å²) in [6.45, 7) is 1.74. The zero-order chi connectivity index (χ0) is 9.84. The van der Waals surface area contributed by atoms with Gasteiger partial charge in [-0.15, -0.1) is 0 Å². The average Bonchev–Trinajstić information content (AvgIpc) is 2.27. The molecule has 0 saturated carbocycles. The van der Waals surface area contributed by atoms with Crippen LogP contribution in [0.5, 0.6) is 0 Å². The van der Waals surface area contributed by atoms with Crippen molar-refractivity contribution in [2.45, 2.75) is 18.9 Å². The molecule has 76 valence electrons. The summed E-state index contributed by atoms with van der Waals surface area (Å²) in [5, 5.41) is 12.3. The molecule has 1 saturated heterocycles. The molecule has 0 radical (unpaired) electrons. The maximum absolute atomic E-state index is 11.0. The molecule has 13 heavy (non-hydrogen) atoms. The van der Waals surface area contributed by atoms with Crippen LogP contribution < -0.4 is 5.32 Å². The van der Waals surface area contributed by atoms with Gasteiger partial charge in [0, 0.05) is 6.04 Å². The maximum Gasteiger partial charge on any atom is 0.308 e. The number of carboxylic acid groups (broad SMARTS) is 1. The second-order valence-electron chi connectivity index (χ2n) is 3.80. The smallest absolute Gasteiger partial charge is 0.308 e. The molecule has 0 aromatic rings. The third-order valence-corrected chi connectivity index (χ3v) is 2.69. The van der Waals surface area contributed by atoms with Crippen LogP contribution >= 0.6 is 0 Å². The van der Waals surface area contributed by atoms with Crippen molar-refractivity contribution in [1.29, 1.82) is 0 Å². The fraction of sp³-hybridized carbons (Fsp3) is 0.889. The van der Waals surface area contributed by atoms with E-state index in [1.807, 2.05) is 19.0 Å². The average molecular weight is 186 g/mol. The highest BCUT2D eigenvalue weighted by Crippen LogP contribution is 2.18. The van der Waals surface area contributed by atoms with E-state index in [2.05, 4.69) is 5.32 Å². The molecule has 1 rings (SSSR count). The van der Waals surface area contributed by atoms with Gasteiger partial charge < -0.3 is 15.3 Å². The largest absolute Gasteiger partial charge is 0.481 e. The van der Waals surface area contributed by atoms with E-state index in [0.29, 0.717) is 0 Å². The van der Waals surface area contributed by atoms with Gasteiger partial charge in [0.05, 0.1) is 5.92 Å². The van der Waals surface area contributed by atoms with Crippen LogP contribution in [0, 0.1) is 5.92 Å². The topological polar surface area (TPSA) is 52.6 Å². The monoisotopic (exact) mass is 186 g/mol. The third-order valence-electron chi connectivity index (χ3n) is 2.69. The Morgan fingerprint density at radius 2 is 2.00 bits per heavy atom. The van der Waals surface area contributed by atoms with Crippen LogP contribution in [0.2, 0.25) is 0 Å². The minimum atomic E-state index is -0.664. The molecular weight excluding hydrogens is 168 g/mol. The first-order valence-electron chi connectivity index (χ1n) is 4.73. The third kappa shape index (κ3) is 2.67. The summed E-state index contributed by atoms with van der Waals surface area (Å²) < 4.78 is 0. The molecule has 4 nitrogen and oxygen atoms in total. The predicted octanol–water partition coefficient (Wildman–Crippen LogP) is 0.000800. The fourth-order valence-corrected chi connectivity index (χ4v) is 1.93. The highest BCUT2D eigenvalue weighted by molar-refractivity contribution is 5.71. The van der Waals surface area contributed by atoms with E-state index in [1.165, 1.54) is 0 Å². The Morgan fingerprint density at radius 1 is 1.38 bits per heavy atom. The van der Waals surface area contributed by atoms with E-state index in [1.54, 1.807) is 0 Å². The number of hydrogen-bond donors (Lipinski definition) is 2. The maximum atomic E-state index is 11.0. The van der Waals surface area contributed by atoms with Crippen molar-refractivity contribution in [2.75, 3.05) is 27.2 Å². The van der Waals surface area contributed by atoms with Crippen molar-refractivity contribution in [3.05, 3.63) is 0 Å².